The van der Waals surface area contributed by atoms with Gasteiger partial charge in [0.1, 0.15) is 10.8 Å². The molecule has 0 atom stereocenters. The molecule has 7 nitrogen and oxygen atoms in total. The van der Waals surface area contributed by atoms with Crippen molar-refractivity contribution in [3.05, 3.63) is 33.5 Å². The molecule has 0 aliphatic carbocycles. The van der Waals surface area contributed by atoms with Crippen LogP contribution in [0.4, 0.5) is 5.00 Å². The van der Waals surface area contributed by atoms with Gasteiger partial charge in [0.15, 0.2) is 11.5 Å². The SMILES string of the molecule is CCOC(=O)c1c(NC(=O)c2cc(C)on2)sc(C(=O)CC)c1C. The summed E-state index contributed by atoms with van der Waals surface area (Å²) in [6.45, 7) is 6.96. The predicted molar refractivity (Wildman–Crippen MR) is 88.8 cm³/mol. The maximum Gasteiger partial charge on any atom is 0.341 e. The molecule has 0 aliphatic heterocycles. The number of hydrogen-bond donors (Lipinski definition) is 1. The topological polar surface area (TPSA) is 98.5 Å². The van der Waals surface area contributed by atoms with Crippen LogP contribution >= 0.6 is 11.3 Å². The molecule has 0 spiro atoms. The van der Waals surface area contributed by atoms with Crippen LogP contribution in [-0.2, 0) is 4.74 Å². The zero-order valence-corrected chi connectivity index (χ0v) is 14.7. The van der Waals surface area contributed by atoms with Crippen molar-refractivity contribution in [2.75, 3.05) is 11.9 Å². The fourth-order valence-corrected chi connectivity index (χ4v) is 3.32. The van der Waals surface area contributed by atoms with E-state index < -0.39 is 11.9 Å². The van der Waals surface area contributed by atoms with Crippen LogP contribution in [0.1, 0.15) is 62.1 Å². The van der Waals surface area contributed by atoms with Crippen LogP contribution in [0.3, 0.4) is 0 Å². The van der Waals surface area contributed by atoms with Crippen molar-refractivity contribution in [3.8, 4) is 0 Å². The van der Waals surface area contributed by atoms with Gasteiger partial charge in [-0.3, -0.25) is 9.59 Å². The van der Waals surface area contributed by atoms with Crippen molar-refractivity contribution in [1.29, 1.82) is 0 Å². The first-order valence-electron chi connectivity index (χ1n) is 7.47. The highest BCUT2D eigenvalue weighted by molar-refractivity contribution is 7.18. The second-order valence-electron chi connectivity index (χ2n) is 5.03. The largest absolute Gasteiger partial charge is 0.462 e. The van der Waals surface area contributed by atoms with E-state index in [0.717, 1.165) is 11.3 Å². The highest BCUT2D eigenvalue weighted by Crippen LogP contribution is 2.34. The van der Waals surface area contributed by atoms with Gasteiger partial charge in [-0.05, 0) is 26.3 Å². The number of rotatable bonds is 6. The Balaban J connectivity index is 2.41. The van der Waals surface area contributed by atoms with Gasteiger partial charge in [0.05, 0.1) is 17.0 Å². The Morgan fingerprint density at radius 3 is 2.54 bits per heavy atom. The monoisotopic (exact) mass is 350 g/mol. The molecule has 0 aliphatic rings. The van der Waals surface area contributed by atoms with Gasteiger partial charge in [0.2, 0.25) is 0 Å². The number of carbonyl (C=O) groups excluding carboxylic acids is 3. The Kier molecular flexibility index (Phi) is 5.50. The molecule has 0 aromatic carbocycles. The number of Topliss-reactive ketones (excluding diaryl/α,β-unsaturated/α-hetero) is 1. The molecule has 2 rings (SSSR count). The third-order valence-corrected chi connectivity index (χ3v) is 4.54. The molecule has 1 N–H and O–H groups in total. The van der Waals surface area contributed by atoms with Crippen LogP contribution in [0, 0.1) is 13.8 Å². The molecule has 24 heavy (non-hydrogen) atoms. The maximum atomic E-state index is 12.3. The second kappa shape index (κ2) is 7.39. The summed E-state index contributed by atoms with van der Waals surface area (Å²) in [5.41, 5.74) is 0.806. The van der Waals surface area contributed by atoms with E-state index in [9.17, 15) is 14.4 Å². The number of aryl methyl sites for hydroxylation is 1. The Labute approximate surface area is 143 Å². The summed E-state index contributed by atoms with van der Waals surface area (Å²) in [4.78, 5) is 37.0. The number of esters is 1. The number of ketones is 1. The van der Waals surface area contributed by atoms with Crippen molar-refractivity contribution in [3.63, 3.8) is 0 Å². The summed E-state index contributed by atoms with van der Waals surface area (Å²) < 4.78 is 9.91. The van der Waals surface area contributed by atoms with E-state index in [1.165, 1.54) is 6.07 Å². The molecule has 0 saturated carbocycles. The molecule has 0 fully saturated rings. The Bertz CT molecular complexity index is 790. The van der Waals surface area contributed by atoms with Crippen LogP contribution in [-0.4, -0.2) is 29.4 Å². The van der Waals surface area contributed by atoms with Crippen LogP contribution in [0.2, 0.25) is 0 Å². The summed E-state index contributed by atoms with van der Waals surface area (Å²) in [6, 6.07) is 1.48. The fraction of sp³-hybridized carbons (Fsp3) is 0.375. The van der Waals surface area contributed by atoms with Gasteiger partial charge in [-0.25, -0.2) is 4.79 Å². The number of carbonyl (C=O) groups is 3. The molecule has 0 radical (unpaired) electrons. The first-order valence-corrected chi connectivity index (χ1v) is 8.29. The van der Waals surface area contributed by atoms with Gasteiger partial charge >= 0.3 is 5.97 Å². The molecular weight excluding hydrogens is 332 g/mol. The van der Waals surface area contributed by atoms with Gasteiger partial charge in [-0.15, -0.1) is 11.3 Å². The van der Waals surface area contributed by atoms with Crippen molar-refractivity contribution >= 4 is 34.0 Å². The van der Waals surface area contributed by atoms with Crippen LogP contribution in [0.5, 0.6) is 0 Å². The molecule has 2 aromatic rings. The Morgan fingerprint density at radius 1 is 1.29 bits per heavy atom. The van der Waals surface area contributed by atoms with Crippen LogP contribution < -0.4 is 5.32 Å². The van der Waals surface area contributed by atoms with Gasteiger partial charge in [0.25, 0.3) is 5.91 Å². The molecular formula is C16H18N2O5S. The normalized spacial score (nSPS) is 10.5. The lowest BCUT2D eigenvalue weighted by Gasteiger charge is -2.05. The maximum absolute atomic E-state index is 12.3. The standard InChI is InChI=1S/C16H18N2O5S/c1-5-11(19)13-9(4)12(16(21)22-6-2)15(24-13)17-14(20)10-7-8(3)23-18-10/h7H,5-6H2,1-4H3,(H,17,20). The Hall–Kier alpha value is -2.48. The molecule has 2 heterocycles. The molecule has 0 unspecified atom stereocenters. The van der Waals surface area contributed by atoms with E-state index in [1.807, 2.05) is 0 Å². The number of anilines is 1. The summed E-state index contributed by atoms with van der Waals surface area (Å²) in [5, 5.41) is 6.53. The number of amides is 1. The lowest BCUT2D eigenvalue weighted by Crippen LogP contribution is -2.15. The number of thiophene rings is 1. The van der Waals surface area contributed by atoms with E-state index in [1.54, 1.807) is 27.7 Å². The summed E-state index contributed by atoms with van der Waals surface area (Å²) >= 11 is 1.06. The van der Waals surface area contributed by atoms with Gasteiger partial charge < -0.3 is 14.6 Å². The van der Waals surface area contributed by atoms with Crippen molar-refractivity contribution < 1.29 is 23.6 Å². The lowest BCUT2D eigenvalue weighted by molar-refractivity contribution is 0.0527. The Morgan fingerprint density at radius 2 is 2.00 bits per heavy atom. The first-order chi connectivity index (χ1) is 11.4. The molecule has 128 valence electrons. The minimum Gasteiger partial charge on any atom is -0.462 e. The molecule has 0 saturated heterocycles. The minimum absolute atomic E-state index is 0.0942. The van der Waals surface area contributed by atoms with E-state index in [0.29, 0.717) is 22.6 Å². The van der Waals surface area contributed by atoms with Gasteiger partial charge in [0, 0.05) is 12.5 Å². The second-order valence-corrected chi connectivity index (χ2v) is 6.06. The van der Waals surface area contributed by atoms with Gasteiger partial charge in [-0.1, -0.05) is 12.1 Å². The third kappa shape index (κ3) is 3.53. The number of ether oxygens (including phenoxy) is 1. The zero-order valence-electron chi connectivity index (χ0n) is 13.9. The van der Waals surface area contributed by atoms with Crippen molar-refractivity contribution in [2.24, 2.45) is 0 Å². The molecule has 2 aromatic heterocycles. The van der Waals surface area contributed by atoms with E-state index >= 15 is 0 Å². The minimum atomic E-state index is -0.576. The van der Waals surface area contributed by atoms with E-state index in [-0.39, 0.29) is 28.6 Å². The molecule has 8 heteroatoms. The fourth-order valence-electron chi connectivity index (χ4n) is 2.12. The predicted octanol–water partition coefficient (Wildman–Crippen LogP) is 3.37. The van der Waals surface area contributed by atoms with Crippen LogP contribution in [0.25, 0.3) is 0 Å². The van der Waals surface area contributed by atoms with Crippen molar-refractivity contribution in [2.45, 2.75) is 34.1 Å². The summed E-state index contributed by atoms with van der Waals surface area (Å²) in [5.74, 6) is -0.696. The number of aromatic nitrogens is 1. The molecule has 0 bridgehead atoms. The number of nitrogens with one attached hydrogen (secondary N) is 1. The summed E-state index contributed by atoms with van der Waals surface area (Å²) in [7, 11) is 0. The average molecular weight is 350 g/mol. The smallest absolute Gasteiger partial charge is 0.341 e. The molecule has 1 amide bonds. The first kappa shape index (κ1) is 17.9. The third-order valence-electron chi connectivity index (χ3n) is 3.29. The average Bonchev–Trinajstić information content (AvgIpc) is 3.10. The van der Waals surface area contributed by atoms with Crippen LogP contribution in [0.15, 0.2) is 10.6 Å². The lowest BCUT2D eigenvalue weighted by atomic mass is 10.1. The number of hydrogen-bond acceptors (Lipinski definition) is 7. The quantitative estimate of drug-likeness (QED) is 0.633. The summed E-state index contributed by atoms with van der Waals surface area (Å²) in [6.07, 6.45) is 0.305. The van der Waals surface area contributed by atoms with E-state index in [2.05, 4.69) is 10.5 Å². The zero-order chi connectivity index (χ0) is 17.9. The van der Waals surface area contributed by atoms with Crippen molar-refractivity contribution in [1.82, 2.24) is 5.16 Å². The van der Waals surface area contributed by atoms with E-state index in [4.69, 9.17) is 9.26 Å². The number of nitrogens with zero attached hydrogens (tertiary/aromatic N) is 1. The van der Waals surface area contributed by atoms with Gasteiger partial charge in [-0.2, -0.15) is 0 Å². The highest BCUT2D eigenvalue weighted by Gasteiger charge is 2.26. The highest BCUT2D eigenvalue weighted by atomic mass is 32.1.